The van der Waals surface area contributed by atoms with Crippen molar-refractivity contribution in [2.45, 2.75) is 24.2 Å². The second kappa shape index (κ2) is 8.33. The average Bonchev–Trinajstić information content (AvgIpc) is 3.18. The highest BCUT2D eigenvalue weighted by molar-refractivity contribution is 9.10. The van der Waals surface area contributed by atoms with Crippen molar-refractivity contribution in [2.24, 2.45) is 0 Å². The number of carbonyl (C=O) groups is 1. The molecule has 1 aliphatic rings. The number of nitrogens with zero attached hydrogens (tertiary/aromatic N) is 1. The van der Waals surface area contributed by atoms with Crippen LogP contribution in [0.2, 0.25) is 0 Å². The van der Waals surface area contributed by atoms with Crippen molar-refractivity contribution in [3.63, 3.8) is 0 Å². The zero-order valence-corrected chi connectivity index (χ0v) is 16.7. The molecule has 0 radical (unpaired) electrons. The highest BCUT2D eigenvalue weighted by Crippen LogP contribution is 2.21. The number of sulfonamides is 1. The van der Waals surface area contributed by atoms with Gasteiger partial charge in [0.1, 0.15) is 0 Å². The van der Waals surface area contributed by atoms with Gasteiger partial charge in [-0.05, 0) is 65.0 Å². The van der Waals surface area contributed by atoms with Gasteiger partial charge in [0.25, 0.3) is 5.91 Å². The SMILES string of the molecule is O=C(NCCc1ccc(S(=O)(=O)N2CCCC2)cc1)c1ccccc1Br. The molecule has 3 rings (SSSR count). The molecule has 0 aliphatic carbocycles. The number of rotatable bonds is 6. The number of halogens is 1. The number of amides is 1. The van der Waals surface area contributed by atoms with Gasteiger partial charge in [-0.2, -0.15) is 4.31 Å². The van der Waals surface area contributed by atoms with Gasteiger partial charge in [-0.25, -0.2) is 8.42 Å². The number of hydrogen-bond acceptors (Lipinski definition) is 3. The Morgan fingerprint density at radius 3 is 2.35 bits per heavy atom. The highest BCUT2D eigenvalue weighted by atomic mass is 79.9. The van der Waals surface area contributed by atoms with Crippen molar-refractivity contribution in [3.8, 4) is 0 Å². The molecular weight excluding hydrogens is 416 g/mol. The summed E-state index contributed by atoms with van der Waals surface area (Å²) in [4.78, 5) is 12.5. The zero-order chi connectivity index (χ0) is 18.6. The fourth-order valence-electron chi connectivity index (χ4n) is 2.97. The molecule has 26 heavy (non-hydrogen) atoms. The number of nitrogens with one attached hydrogen (secondary N) is 1. The van der Waals surface area contributed by atoms with Gasteiger partial charge >= 0.3 is 0 Å². The Balaban J connectivity index is 1.56. The predicted octanol–water partition coefficient (Wildman–Crippen LogP) is 3.21. The second-order valence-electron chi connectivity index (χ2n) is 6.24. The molecule has 7 heteroatoms. The summed E-state index contributed by atoms with van der Waals surface area (Å²) in [5, 5.41) is 2.88. The average molecular weight is 437 g/mol. The lowest BCUT2D eigenvalue weighted by molar-refractivity contribution is 0.0953. The minimum atomic E-state index is -3.37. The molecule has 1 fully saturated rings. The maximum Gasteiger partial charge on any atom is 0.252 e. The van der Waals surface area contributed by atoms with Crippen LogP contribution >= 0.6 is 15.9 Å². The first kappa shape index (κ1) is 19.1. The minimum Gasteiger partial charge on any atom is -0.352 e. The third-order valence-electron chi connectivity index (χ3n) is 4.44. The topological polar surface area (TPSA) is 66.5 Å². The Labute approximate surface area is 162 Å². The van der Waals surface area contributed by atoms with Crippen molar-refractivity contribution in [3.05, 3.63) is 64.1 Å². The monoisotopic (exact) mass is 436 g/mol. The van der Waals surface area contributed by atoms with E-state index in [4.69, 9.17) is 0 Å². The zero-order valence-electron chi connectivity index (χ0n) is 14.3. The van der Waals surface area contributed by atoms with Crippen LogP contribution in [0, 0.1) is 0 Å². The van der Waals surface area contributed by atoms with Crippen molar-refractivity contribution < 1.29 is 13.2 Å². The summed E-state index contributed by atoms with van der Waals surface area (Å²) < 4.78 is 27.3. The summed E-state index contributed by atoms with van der Waals surface area (Å²) in [6, 6.07) is 14.2. The van der Waals surface area contributed by atoms with Gasteiger partial charge in [0.15, 0.2) is 0 Å². The lowest BCUT2D eigenvalue weighted by Gasteiger charge is -2.15. The van der Waals surface area contributed by atoms with Crippen LogP contribution < -0.4 is 5.32 Å². The molecule has 138 valence electrons. The van der Waals surface area contributed by atoms with Gasteiger partial charge in [-0.1, -0.05) is 24.3 Å². The van der Waals surface area contributed by atoms with Crippen LogP contribution in [0.3, 0.4) is 0 Å². The molecule has 2 aromatic rings. The van der Waals surface area contributed by atoms with E-state index >= 15 is 0 Å². The van der Waals surface area contributed by atoms with Crippen molar-refractivity contribution in [1.82, 2.24) is 9.62 Å². The van der Waals surface area contributed by atoms with Gasteiger partial charge in [-0.3, -0.25) is 4.79 Å². The summed E-state index contributed by atoms with van der Waals surface area (Å²) in [7, 11) is -3.37. The Morgan fingerprint density at radius 2 is 1.69 bits per heavy atom. The molecule has 0 saturated carbocycles. The molecule has 1 aliphatic heterocycles. The van der Waals surface area contributed by atoms with E-state index in [1.165, 1.54) is 0 Å². The van der Waals surface area contributed by atoms with Crippen LogP contribution in [-0.4, -0.2) is 38.3 Å². The van der Waals surface area contributed by atoms with Crippen molar-refractivity contribution in [2.75, 3.05) is 19.6 Å². The second-order valence-corrected chi connectivity index (χ2v) is 9.03. The summed E-state index contributed by atoms with van der Waals surface area (Å²) in [5.74, 6) is -0.134. The molecule has 0 aromatic heterocycles. The number of carbonyl (C=O) groups excluding carboxylic acids is 1. The lowest BCUT2D eigenvalue weighted by Crippen LogP contribution is -2.28. The van der Waals surface area contributed by atoms with Gasteiger partial charge in [-0.15, -0.1) is 0 Å². The first-order chi connectivity index (χ1) is 12.5. The maximum atomic E-state index is 12.5. The first-order valence-corrected chi connectivity index (χ1v) is 10.8. The largest absolute Gasteiger partial charge is 0.352 e. The van der Waals surface area contributed by atoms with Gasteiger partial charge in [0.05, 0.1) is 10.5 Å². The van der Waals surface area contributed by atoms with Crippen LogP contribution in [0.25, 0.3) is 0 Å². The van der Waals surface area contributed by atoms with Gasteiger partial charge in [0.2, 0.25) is 10.0 Å². The van der Waals surface area contributed by atoms with Crippen LogP contribution in [0.15, 0.2) is 57.9 Å². The molecule has 2 aromatic carbocycles. The van der Waals surface area contributed by atoms with Crippen LogP contribution in [-0.2, 0) is 16.4 Å². The molecule has 1 N–H and O–H groups in total. The molecule has 5 nitrogen and oxygen atoms in total. The van der Waals surface area contributed by atoms with Crippen LogP contribution in [0.4, 0.5) is 0 Å². The normalized spacial score (nSPS) is 15.1. The van der Waals surface area contributed by atoms with E-state index < -0.39 is 10.0 Å². The fraction of sp³-hybridized carbons (Fsp3) is 0.316. The predicted molar refractivity (Wildman–Crippen MR) is 105 cm³/mol. The molecular formula is C19H21BrN2O3S. The smallest absolute Gasteiger partial charge is 0.252 e. The Kier molecular flexibility index (Phi) is 6.11. The fourth-order valence-corrected chi connectivity index (χ4v) is 4.95. The van der Waals surface area contributed by atoms with Gasteiger partial charge < -0.3 is 5.32 Å². The van der Waals surface area contributed by atoms with Gasteiger partial charge in [0, 0.05) is 24.1 Å². The van der Waals surface area contributed by atoms with E-state index in [1.807, 2.05) is 30.3 Å². The van der Waals surface area contributed by atoms with Crippen LogP contribution in [0.5, 0.6) is 0 Å². The Bertz CT molecular complexity index is 876. The van der Waals surface area contributed by atoms with E-state index in [1.54, 1.807) is 22.5 Å². The molecule has 0 bridgehead atoms. The van der Waals surface area contributed by atoms with E-state index in [0.717, 1.165) is 22.9 Å². The van der Waals surface area contributed by atoms with E-state index in [0.29, 0.717) is 36.5 Å². The highest BCUT2D eigenvalue weighted by Gasteiger charge is 2.26. The molecule has 1 amide bonds. The Hall–Kier alpha value is -1.70. The third-order valence-corrected chi connectivity index (χ3v) is 7.05. The summed E-state index contributed by atoms with van der Waals surface area (Å²) in [5.41, 5.74) is 1.58. The van der Waals surface area contributed by atoms with E-state index in [9.17, 15) is 13.2 Å². The standard InChI is InChI=1S/C19H21BrN2O3S/c20-18-6-2-1-5-17(18)19(23)21-12-11-15-7-9-16(10-8-15)26(24,25)22-13-3-4-14-22/h1-2,5-10H,3-4,11-14H2,(H,21,23). The maximum absolute atomic E-state index is 12.5. The van der Waals surface area contributed by atoms with Crippen molar-refractivity contribution >= 4 is 31.9 Å². The minimum absolute atomic E-state index is 0.134. The van der Waals surface area contributed by atoms with Crippen molar-refractivity contribution in [1.29, 1.82) is 0 Å². The summed E-state index contributed by atoms with van der Waals surface area (Å²) >= 11 is 3.37. The summed E-state index contributed by atoms with van der Waals surface area (Å²) in [6.45, 7) is 1.69. The van der Waals surface area contributed by atoms with E-state index in [2.05, 4.69) is 21.2 Å². The summed E-state index contributed by atoms with van der Waals surface area (Å²) in [6.07, 6.45) is 2.49. The Morgan fingerprint density at radius 1 is 1.04 bits per heavy atom. The number of benzene rings is 2. The molecule has 0 spiro atoms. The van der Waals surface area contributed by atoms with Crippen LogP contribution in [0.1, 0.15) is 28.8 Å². The molecule has 1 heterocycles. The number of hydrogen-bond donors (Lipinski definition) is 1. The van der Waals surface area contributed by atoms with E-state index in [-0.39, 0.29) is 5.91 Å². The molecule has 1 saturated heterocycles. The molecule has 0 atom stereocenters. The third kappa shape index (κ3) is 4.34. The first-order valence-electron chi connectivity index (χ1n) is 8.60. The molecule has 0 unspecified atom stereocenters. The lowest BCUT2D eigenvalue weighted by atomic mass is 10.1. The quantitative estimate of drug-likeness (QED) is 0.755.